The van der Waals surface area contributed by atoms with Crippen LogP contribution in [-0.2, 0) is 9.16 Å². The lowest BCUT2D eigenvalue weighted by Gasteiger charge is -2.39. The molecule has 2 fully saturated rings. The van der Waals surface area contributed by atoms with Gasteiger partial charge in [-0.25, -0.2) is 0 Å². The Morgan fingerprint density at radius 3 is 2.47 bits per heavy atom. The van der Waals surface area contributed by atoms with E-state index in [4.69, 9.17) is 9.16 Å². The number of fused-ring (bicyclic) bond motifs is 1. The van der Waals surface area contributed by atoms with Crippen molar-refractivity contribution in [1.29, 1.82) is 0 Å². The molecule has 0 spiro atoms. The standard InChI is InChI=1S/C12H24O2Si/c1-12(2,3)15(4,5)14-10-8-6-7-9-11(10)13-9/h9-11H,6-8H2,1-5H3/t9-,10+,11-/m1/s1. The summed E-state index contributed by atoms with van der Waals surface area (Å²) in [6.07, 6.45) is 5.10. The molecule has 15 heavy (non-hydrogen) atoms. The van der Waals surface area contributed by atoms with Crippen LogP contribution in [0.15, 0.2) is 0 Å². The fourth-order valence-corrected chi connectivity index (χ4v) is 3.44. The van der Waals surface area contributed by atoms with E-state index in [1.807, 2.05) is 0 Å². The summed E-state index contributed by atoms with van der Waals surface area (Å²) in [4.78, 5) is 0. The molecule has 3 atom stereocenters. The molecule has 0 radical (unpaired) electrons. The lowest BCUT2D eigenvalue weighted by Crippen LogP contribution is -2.46. The summed E-state index contributed by atoms with van der Waals surface area (Å²) in [6, 6.07) is 0. The van der Waals surface area contributed by atoms with Crippen LogP contribution in [0.4, 0.5) is 0 Å². The molecule has 1 heterocycles. The molecule has 1 aliphatic carbocycles. The minimum atomic E-state index is -1.59. The van der Waals surface area contributed by atoms with Crippen LogP contribution in [-0.4, -0.2) is 26.6 Å². The molecule has 0 N–H and O–H groups in total. The number of hydrogen-bond acceptors (Lipinski definition) is 2. The second-order valence-electron chi connectivity index (χ2n) is 6.49. The van der Waals surface area contributed by atoms with Gasteiger partial charge in [-0.15, -0.1) is 0 Å². The highest BCUT2D eigenvalue weighted by Gasteiger charge is 2.51. The van der Waals surface area contributed by atoms with Crippen LogP contribution in [0.25, 0.3) is 0 Å². The Balaban J connectivity index is 1.96. The summed E-state index contributed by atoms with van der Waals surface area (Å²) in [5.74, 6) is 0. The summed E-state index contributed by atoms with van der Waals surface area (Å²) >= 11 is 0. The van der Waals surface area contributed by atoms with Gasteiger partial charge in [0.2, 0.25) is 0 Å². The van der Waals surface area contributed by atoms with Gasteiger partial charge in [0.05, 0.1) is 12.2 Å². The van der Waals surface area contributed by atoms with Gasteiger partial charge in [-0.3, -0.25) is 0 Å². The molecule has 3 heteroatoms. The van der Waals surface area contributed by atoms with Crippen molar-refractivity contribution in [2.45, 2.75) is 76.5 Å². The van der Waals surface area contributed by atoms with Crippen LogP contribution >= 0.6 is 0 Å². The second-order valence-corrected chi connectivity index (χ2v) is 11.2. The Morgan fingerprint density at radius 2 is 1.87 bits per heavy atom. The molecule has 0 bridgehead atoms. The summed E-state index contributed by atoms with van der Waals surface area (Å²) < 4.78 is 12.1. The molecule has 2 nitrogen and oxygen atoms in total. The van der Waals surface area contributed by atoms with Gasteiger partial charge in [0.25, 0.3) is 0 Å². The fraction of sp³-hybridized carbons (Fsp3) is 1.00. The molecule has 0 aromatic carbocycles. The Hall–Kier alpha value is 0.137. The largest absolute Gasteiger partial charge is 0.411 e. The zero-order valence-corrected chi connectivity index (χ0v) is 11.7. The molecule has 0 aromatic rings. The summed E-state index contributed by atoms with van der Waals surface area (Å²) in [7, 11) is -1.59. The number of ether oxygens (including phenoxy) is 1. The van der Waals surface area contributed by atoms with E-state index in [9.17, 15) is 0 Å². The Labute approximate surface area is 94.5 Å². The van der Waals surface area contributed by atoms with E-state index in [0.717, 1.165) is 0 Å². The predicted molar refractivity (Wildman–Crippen MR) is 64.6 cm³/mol. The lowest BCUT2D eigenvalue weighted by molar-refractivity contribution is 0.132. The normalized spacial score (nSPS) is 36.2. The highest BCUT2D eigenvalue weighted by molar-refractivity contribution is 6.74. The first-order valence-corrected chi connectivity index (χ1v) is 9.05. The first-order chi connectivity index (χ1) is 6.81. The zero-order chi connectivity index (χ0) is 11.3. The maximum atomic E-state index is 6.41. The Bertz CT molecular complexity index is 244. The minimum Gasteiger partial charge on any atom is -0.411 e. The molecular weight excluding hydrogens is 204 g/mol. The third-order valence-corrected chi connectivity index (χ3v) is 8.72. The predicted octanol–water partition coefficient (Wildman–Crippen LogP) is 3.33. The Kier molecular flexibility index (Phi) is 2.77. The smallest absolute Gasteiger partial charge is 0.192 e. The Morgan fingerprint density at radius 1 is 1.20 bits per heavy atom. The molecule has 0 amide bonds. The monoisotopic (exact) mass is 228 g/mol. The van der Waals surface area contributed by atoms with Gasteiger partial charge < -0.3 is 9.16 Å². The number of hydrogen-bond donors (Lipinski definition) is 0. The maximum absolute atomic E-state index is 6.41. The van der Waals surface area contributed by atoms with Gasteiger partial charge in [0.15, 0.2) is 8.32 Å². The van der Waals surface area contributed by atoms with E-state index >= 15 is 0 Å². The van der Waals surface area contributed by atoms with Gasteiger partial charge in [-0.05, 0) is 37.4 Å². The molecule has 1 saturated heterocycles. The van der Waals surface area contributed by atoms with Gasteiger partial charge >= 0.3 is 0 Å². The summed E-state index contributed by atoms with van der Waals surface area (Å²) in [5.41, 5.74) is 0. The molecule has 88 valence electrons. The molecule has 0 unspecified atom stereocenters. The first-order valence-electron chi connectivity index (χ1n) is 6.14. The van der Waals surface area contributed by atoms with Gasteiger partial charge in [-0.2, -0.15) is 0 Å². The molecule has 1 saturated carbocycles. The molecule has 2 aliphatic rings. The van der Waals surface area contributed by atoms with Crippen molar-refractivity contribution < 1.29 is 9.16 Å². The molecule has 2 rings (SSSR count). The summed E-state index contributed by atoms with van der Waals surface area (Å²) in [5, 5.41) is 0.314. The number of rotatable bonds is 2. The quantitative estimate of drug-likeness (QED) is 0.534. The topological polar surface area (TPSA) is 21.8 Å². The van der Waals surface area contributed by atoms with Crippen LogP contribution in [0, 0.1) is 0 Å². The van der Waals surface area contributed by atoms with Gasteiger partial charge in [-0.1, -0.05) is 20.8 Å². The fourth-order valence-electron chi connectivity index (χ4n) is 2.08. The average Bonchev–Trinajstić information content (AvgIpc) is 2.80. The van der Waals surface area contributed by atoms with Crippen molar-refractivity contribution >= 4 is 8.32 Å². The van der Waals surface area contributed by atoms with E-state index in [1.165, 1.54) is 19.3 Å². The highest BCUT2D eigenvalue weighted by atomic mass is 28.4. The van der Waals surface area contributed by atoms with Crippen LogP contribution in [0.3, 0.4) is 0 Å². The minimum absolute atomic E-state index is 0.314. The van der Waals surface area contributed by atoms with Crippen molar-refractivity contribution in [2.75, 3.05) is 0 Å². The molecule has 1 aliphatic heterocycles. The third kappa shape index (κ3) is 2.29. The van der Waals surface area contributed by atoms with Gasteiger partial charge in [0.1, 0.15) is 6.10 Å². The van der Waals surface area contributed by atoms with Crippen molar-refractivity contribution in [3.8, 4) is 0 Å². The van der Waals surface area contributed by atoms with Crippen LogP contribution in [0.2, 0.25) is 18.1 Å². The van der Waals surface area contributed by atoms with Crippen LogP contribution in [0.1, 0.15) is 40.0 Å². The lowest BCUT2D eigenvalue weighted by atomic mass is 9.98. The van der Waals surface area contributed by atoms with E-state index in [2.05, 4.69) is 33.9 Å². The van der Waals surface area contributed by atoms with Crippen LogP contribution in [0.5, 0.6) is 0 Å². The van der Waals surface area contributed by atoms with Crippen molar-refractivity contribution in [1.82, 2.24) is 0 Å². The maximum Gasteiger partial charge on any atom is 0.192 e. The van der Waals surface area contributed by atoms with Crippen molar-refractivity contribution in [3.63, 3.8) is 0 Å². The van der Waals surface area contributed by atoms with E-state index in [1.54, 1.807) is 0 Å². The van der Waals surface area contributed by atoms with Crippen molar-refractivity contribution in [3.05, 3.63) is 0 Å². The highest BCUT2D eigenvalue weighted by Crippen LogP contribution is 2.43. The average molecular weight is 228 g/mol. The van der Waals surface area contributed by atoms with Crippen molar-refractivity contribution in [2.24, 2.45) is 0 Å². The molecule has 0 aromatic heterocycles. The SMILES string of the molecule is CC(C)(C)[Si](C)(C)O[C@H]1CCC[C@H]2O[C@@H]12. The second kappa shape index (κ2) is 3.57. The van der Waals surface area contributed by atoms with E-state index < -0.39 is 8.32 Å². The third-order valence-electron chi connectivity index (χ3n) is 4.22. The van der Waals surface area contributed by atoms with E-state index in [0.29, 0.717) is 23.4 Å². The van der Waals surface area contributed by atoms with Gasteiger partial charge in [0, 0.05) is 0 Å². The van der Waals surface area contributed by atoms with Crippen LogP contribution < -0.4 is 0 Å². The van der Waals surface area contributed by atoms with E-state index in [-0.39, 0.29) is 0 Å². The number of epoxide rings is 1. The summed E-state index contributed by atoms with van der Waals surface area (Å²) in [6.45, 7) is 11.6. The first kappa shape index (κ1) is 11.6. The zero-order valence-electron chi connectivity index (χ0n) is 10.7. The molecular formula is C12H24O2Si.